The van der Waals surface area contributed by atoms with Gasteiger partial charge >= 0.3 is 0 Å². The van der Waals surface area contributed by atoms with Crippen molar-refractivity contribution in [3.8, 4) is 0 Å². The number of aryl methyl sites for hydroxylation is 2. The molecule has 3 heterocycles. The van der Waals surface area contributed by atoms with E-state index >= 15 is 0 Å². The van der Waals surface area contributed by atoms with Gasteiger partial charge in [-0.2, -0.15) is 5.10 Å². The first-order valence-electron chi connectivity index (χ1n) is 8.78. The van der Waals surface area contributed by atoms with Gasteiger partial charge in [0.15, 0.2) is 5.65 Å². The Morgan fingerprint density at radius 3 is 2.96 bits per heavy atom. The minimum Gasteiger partial charge on any atom is -0.334 e. The van der Waals surface area contributed by atoms with E-state index in [1.54, 1.807) is 0 Å². The first-order chi connectivity index (χ1) is 12.1. The molecule has 128 valence electrons. The number of amides is 1. The van der Waals surface area contributed by atoms with Crippen LogP contribution in [0.4, 0.5) is 0 Å². The van der Waals surface area contributed by atoms with Gasteiger partial charge in [-0.05, 0) is 38.3 Å². The Balaban J connectivity index is 1.62. The van der Waals surface area contributed by atoms with Crippen molar-refractivity contribution >= 4 is 11.6 Å². The molecular weight excluding hydrogens is 312 g/mol. The van der Waals surface area contributed by atoms with Crippen molar-refractivity contribution in [2.24, 2.45) is 0 Å². The Morgan fingerprint density at radius 2 is 2.12 bits per heavy atom. The summed E-state index contributed by atoms with van der Waals surface area (Å²) in [5.41, 5.74) is 5.09. The Hall–Kier alpha value is -2.69. The molecule has 0 N–H and O–H groups in total. The predicted molar refractivity (Wildman–Crippen MR) is 96.3 cm³/mol. The van der Waals surface area contributed by atoms with E-state index in [-0.39, 0.29) is 11.9 Å². The molecule has 1 saturated heterocycles. The molecule has 3 aromatic rings. The molecule has 1 atom stereocenters. The van der Waals surface area contributed by atoms with Gasteiger partial charge in [-0.15, -0.1) is 0 Å². The van der Waals surface area contributed by atoms with E-state index in [1.165, 1.54) is 5.56 Å². The fourth-order valence-corrected chi connectivity index (χ4v) is 3.75. The quantitative estimate of drug-likeness (QED) is 0.739. The zero-order valence-corrected chi connectivity index (χ0v) is 14.6. The molecule has 1 fully saturated rings. The molecule has 0 radical (unpaired) electrons. The normalized spacial score (nSPS) is 17.4. The molecule has 0 aliphatic carbocycles. The first-order valence-corrected chi connectivity index (χ1v) is 8.78. The Morgan fingerprint density at radius 1 is 1.24 bits per heavy atom. The largest absolute Gasteiger partial charge is 0.334 e. The number of likely N-dealkylation sites (tertiary alicyclic amines) is 1. The third kappa shape index (κ3) is 3.02. The highest BCUT2D eigenvalue weighted by atomic mass is 16.2. The third-order valence-electron chi connectivity index (χ3n) is 4.86. The van der Waals surface area contributed by atoms with Crippen LogP contribution in [0.15, 0.2) is 42.6 Å². The maximum Gasteiger partial charge on any atom is 0.227 e. The summed E-state index contributed by atoms with van der Waals surface area (Å²) in [6, 6.07) is 12.2. The lowest BCUT2D eigenvalue weighted by molar-refractivity contribution is -0.131. The number of hydrogen-bond acceptors (Lipinski definition) is 3. The minimum absolute atomic E-state index is 0.0714. The summed E-state index contributed by atoms with van der Waals surface area (Å²) < 4.78 is 1.89. The second-order valence-corrected chi connectivity index (χ2v) is 6.84. The van der Waals surface area contributed by atoms with Gasteiger partial charge in [0.2, 0.25) is 5.91 Å². The molecule has 4 rings (SSSR count). The SMILES string of the molecule is Cc1cccc(CC(=O)N2CCC[C@@H]2c2ccnc3cc(C)nn23)c1. The summed E-state index contributed by atoms with van der Waals surface area (Å²) in [5, 5.41) is 4.56. The maximum atomic E-state index is 12.9. The highest BCUT2D eigenvalue weighted by Gasteiger charge is 2.31. The molecule has 5 nitrogen and oxygen atoms in total. The number of rotatable bonds is 3. The number of carbonyl (C=O) groups is 1. The van der Waals surface area contributed by atoms with Crippen molar-refractivity contribution < 1.29 is 4.79 Å². The lowest BCUT2D eigenvalue weighted by atomic mass is 10.1. The number of hydrogen-bond donors (Lipinski definition) is 0. The minimum atomic E-state index is 0.0714. The lowest BCUT2D eigenvalue weighted by Crippen LogP contribution is -2.32. The van der Waals surface area contributed by atoms with Crippen LogP contribution in [0.2, 0.25) is 0 Å². The Labute approximate surface area is 147 Å². The molecule has 1 aliphatic heterocycles. The topological polar surface area (TPSA) is 50.5 Å². The van der Waals surface area contributed by atoms with Gasteiger partial charge in [0, 0.05) is 18.8 Å². The number of aromatic nitrogens is 3. The highest BCUT2D eigenvalue weighted by molar-refractivity contribution is 5.79. The second-order valence-electron chi connectivity index (χ2n) is 6.84. The summed E-state index contributed by atoms with van der Waals surface area (Å²) in [4.78, 5) is 19.3. The maximum absolute atomic E-state index is 12.9. The van der Waals surface area contributed by atoms with Crippen LogP contribution in [-0.4, -0.2) is 31.9 Å². The summed E-state index contributed by atoms with van der Waals surface area (Å²) in [6.45, 7) is 4.83. The zero-order chi connectivity index (χ0) is 17.4. The van der Waals surface area contributed by atoms with Crippen LogP contribution in [0.25, 0.3) is 5.65 Å². The van der Waals surface area contributed by atoms with E-state index in [2.05, 4.69) is 29.1 Å². The van der Waals surface area contributed by atoms with Crippen LogP contribution in [0, 0.1) is 13.8 Å². The molecule has 1 aromatic carbocycles. The predicted octanol–water partition coefficient (Wildman–Crippen LogP) is 3.25. The van der Waals surface area contributed by atoms with Gasteiger partial charge in [-0.3, -0.25) is 4.79 Å². The standard InChI is InChI=1S/C20H22N4O/c1-14-5-3-6-16(11-14)13-20(25)23-10-4-7-17(23)18-8-9-21-19-12-15(2)22-24(18)19/h3,5-6,8-9,11-12,17H,4,7,10,13H2,1-2H3/t17-/m1/s1. The highest BCUT2D eigenvalue weighted by Crippen LogP contribution is 2.32. The Kier molecular flexibility index (Phi) is 3.99. The number of fused-ring (bicyclic) bond motifs is 1. The zero-order valence-electron chi connectivity index (χ0n) is 14.6. The summed E-state index contributed by atoms with van der Waals surface area (Å²) in [6.07, 6.45) is 4.25. The fourth-order valence-electron chi connectivity index (χ4n) is 3.75. The van der Waals surface area contributed by atoms with Gasteiger partial charge in [0.1, 0.15) is 0 Å². The van der Waals surface area contributed by atoms with Crippen molar-refractivity contribution in [2.75, 3.05) is 6.54 Å². The monoisotopic (exact) mass is 334 g/mol. The van der Waals surface area contributed by atoms with Crippen molar-refractivity contribution in [1.29, 1.82) is 0 Å². The molecular formula is C20H22N4O. The lowest BCUT2D eigenvalue weighted by Gasteiger charge is -2.25. The molecule has 0 unspecified atom stereocenters. The van der Waals surface area contributed by atoms with Gasteiger partial charge < -0.3 is 4.90 Å². The molecule has 2 aromatic heterocycles. The Bertz CT molecular complexity index is 930. The van der Waals surface area contributed by atoms with Crippen molar-refractivity contribution in [2.45, 2.75) is 39.2 Å². The van der Waals surface area contributed by atoms with Crippen LogP contribution in [-0.2, 0) is 11.2 Å². The number of benzene rings is 1. The number of nitrogens with zero attached hydrogens (tertiary/aromatic N) is 4. The summed E-state index contributed by atoms with van der Waals surface area (Å²) in [5.74, 6) is 0.182. The summed E-state index contributed by atoms with van der Waals surface area (Å²) in [7, 11) is 0. The third-order valence-corrected chi connectivity index (χ3v) is 4.86. The van der Waals surface area contributed by atoms with Gasteiger partial charge in [0.25, 0.3) is 0 Å². The molecule has 0 saturated carbocycles. The van der Waals surface area contributed by atoms with Crippen LogP contribution < -0.4 is 0 Å². The first kappa shape index (κ1) is 15.8. The van der Waals surface area contributed by atoms with E-state index in [1.807, 2.05) is 46.8 Å². The molecule has 0 spiro atoms. The van der Waals surface area contributed by atoms with Crippen LogP contribution in [0.3, 0.4) is 0 Å². The summed E-state index contributed by atoms with van der Waals surface area (Å²) >= 11 is 0. The van der Waals surface area contributed by atoms with Crippen molar-refractivity contribution in [1.82, 2.24) is 19.5 Å². The molecule has 25 heavy (non-hydrogen) atoms. The van der Waals surface area contributed by atoms with E-state index in [0.717, 1.165) is 42.0 Å². The van der Waals surface area contributed by atoms with Gasteiger partial charge in [0.05, 0.1) is 23.9 Å². The second kappa shape index (κ2) is 6.31. The van der Waals surface area contributed by atoms with E-state index < -0.39 is 0 Å². The van der Waals surface area contributed by atoms with Crippen molar-refractivity contribution in [3.05, 3.63) is 65.1 Å². The van der Waals surface area contributed by atoms with Crippen LogP contribution in [0.5, 0.6) is 0 Å². The van der Waals surface area contributed by atoms with E-state index in [0.29, 0.717) is 6.42 Å². The van der Waals surface area contributed by atoms with Gasteiger partial charge in [-0.1, -0.05) is 29.8 Å². The van der Waals surface area contributed by atoms with E-state index in [4.69, 9.17) is 0 Å². The number of carbonyl (C=O) groups excluding carboxylic acids is 1. The average Bonchev–Trinajstić information content (AvgIpc) is 3.19. The van der Waals surface area contributed by atoms with Crippen LogP contribution >= 0.6 is 0 Å². The van der Waals surface area contributed by atoms with Gasteiger partial charge in [-0.25, -0.2) is 9.50 Å². The average molecular weight is 334 g/mol. The smallest absolute Gasteiger partial charge is 0.227 e. The van der Waals surface area contributed by atoms with E-state index in [9.17, 15) is 4.79 Å². The van der Waals surface area contributed by atoms with Crippen molar-refractivity contribution in [3.63, 3.8) is 0 Å². The fraction of sp³-hybridized carbons (Fsp3) is 0.350. The molecule has 1 aliphatic rings. The molecule has 0 bridgehead atoms. The van der Waals surface area contributed by atoms with Crippen LogP contribution in [0.1, 0.15) is 41.4 Å². The molecule has 1 amide bonds. The molecule has 5 heteroatoms.